The van der Waals surface area contributed by atoms with Crippen molar-refractivity contribution < 1.29 is 0 Å². The summed E-state index contributed by atoms with van der Waals surface area (Å²) in [5, 5.41) is 3.36. The van der Waals surface area contributed by atoms with Crippen LogP contribution in [-0.2, 0) is 0 Å². The number of hydrogen-bond donors (Lipinski definition) is 1. The molecule has 3 heterocycles. The molecule has 5 nitrogen and oxygen atoms in total. The second-order valence-corrected chi connectivity index (χ2v) is 4.66. The second kappa shape index (κ2) is 5.32. The maximum atomic E-state index is 4.55. The molecule has 3 rings (SSSR count). The van der Waals surface area contributed by atoms with Crippen molar-refractivity contribution in [2.24, 2.45) is 0 Å². The fourth-order valence-electron chi connectivity index (χ4n) is 2.32. The summed E-state index contributed by atoms with van der Waals surface area (Å²) in [4.78, 5) is 15.6. The predicted octanol–water partition coefficient (Wildman–Crippen LogP) is 1.26. The molecule has 5 heteroatoms. The third kappa shape index (κ3) is 2.56. The molecule has 0 radical (unpaired) electrons. The summed E-state index contributed by atoms with van der Waals surface area (Å²) in [7, 11) is 0. The molecular weight excluding hydrogens is 238 g/mol. The van der Waals surface area contributed by atoms with Gasteiger partial charge in [0.05, 0.1) is 17.6 Å². The molecule has 0 spiro atoms. The van der Waals surface area contributed by atoms with Crippen LogP contribution >= 0.6 is 0 Å². The topological polar surface area (TPSA) is 53.9 Å². The number of aromatic nitrogens is 3. The van der Waals surface area contributed by atoms with Gasteiger partial charge in [0.15, 0.2) is 0 Å². The second-order valence-electron chi connectivity index (χ2n) is 4.66. The molecule has 1 aliphatic rings. The van der Waals surface area contributed by atoms with E-state index < -0.39 is 0 Å². The lowest BCUT2D eigenvalue weighted by Gasteiger charge is -2.29. The largest absolute Gasteiger partial charge is 0.354 e. The lowest BCUT2D eigenvalue weighted by atomic mass is 10.1. The summed E-state index contributed by atoms with van der Waals surface area (Å²) >= 11 is 0. The summed E-state index contributed by atoms with van der Waals surface area (Å²) in [6.45, 7) is 5.90. The molecule has 1 aliphatic heterocycles. The van der Waals surface area contributed by atoms with Crippen molar-refractivity contribution in [3.8, 4) is 11.3 Å². The summed E-state index contributed by atoms with van der Waals surface area (Å²) in [6, 6.07) is 4.01. The fraction of sp³-hybridized carbons (Fsp3) is 0.357. The van der Waals surface area contributed by atoms with Crippen molar-refractivity contribution in [2.45, 2.75) is 6.92 Å². The molecule has 0 bridgehead atoms. The van der Waals surface area contributed by atoms with Gasteiger partial charge in [0.1, 0.15) is 5.82 Å². The van der Waals surface area contributed by atoms with E-state index in [2.05, 4.69) is 31.2 Å². The van der Waals surface area contributed by atoms with Gasteiger partial charge in [-0.25, -0.2) is 9.97 Å². The Morgan fingerprint density at radius 3 is 2.84 bits per heavy atom. The van der Waals surface area contributed by atoms with E-state index in [-0.39, 0.29) is 0 Å². The zero-order chi connectivity index (χ0) is 13.1. The first-order valence-corrected chi connectivity index (χ1v) is 6.54. The van der Waals surface area contributed by atoms with Crippen molar-refractivity contribution in [3.05, 3.63) is 36.4 Å². The number of nitrogens with one attached hydrogen (secondary N) is 1. The molecule has 0 saturated carbocycles. The first kappa shape index (κ1) is 12.0. The van der Waals surface area contributed by atoms with Crippen molar-refractivity contribution in [3.63, 3.8) is 0 Å². The van der Waals surface area contributed by atoms with Crippen LogP contribution in [0.25, 0.3) is 11.3 Å². The molecule has 0 unspecified atom stereocenters. The van der Waals surface area contributed by atoms with Crippen LogP contribution in [-0.4, -0.2) is 41.1 Å². The van der Waals surface area contributed by atoms with Crippen LogP contribution in [0.1, 0.15) is 5.69 Å². The van der Waals surface area contributed by atoms with Crippen molar-refractivity contribution in [1.29, 1.82) is 0 Å². The summed E-state index contributed by atoms with van der Waals surface area (Å²) in [6.07, 6.45) is 5.41. The van der Waals surface area contributed by atoms with Gasteiger partial charge in [-0.2, -0.15) is 0 Å². The van der Waals surface area contributed by atoms with E-state index in [0.29, 0.717) is 0 Å². The number of nitrogens with zero attached hydrogens (tertiary/aromatic N) is 4. The Labute approximate surface area is 112 Å². The fourth-order valence-corrected chi connectivity index (χ4v) is 2.32. The average Bonchev–Trinajstić information content (AvgIpc) is 2.48. The van der Waals surface area contributed by atoms with Gasteiger partial charge in [-0.05, 0) is 19.1 Å². The highest BCUT2D eigenvalue weighted by atomic mass is 15.2. The molecule has 1 saturated heterocycles. The first-order chi connectivity index (χ1) is 9.34. The minimum absolute atomic E-state index is 0.890. The highest BCUT2D eigenvalue weighted by Gasteiger charge is 2.16. The van der Waals surface area contributed by atoms with Crippen LogP contribution in [0.4, 0.5) is 5.82 Å². The van der Waals surface area contributed by atoms with Crippen LogP contribution in [0.5, 0.6) is 0 Å². The maximum Gasteiger partial charge on any atom is 0.138 e. The van der Waals surface area contributed by atoms with E-state index in [1.54, 1.807) is 12.4 Å². The van der Waals surface area contributed by atoms with Gasteiger partial charge >= 0.3 is 0 Å². The quantitative estimate of drug-likeness (QED) is 0.875. The minimum Gasteiger partial charge on any atom is -0.354 e. The summed E-state index contributed by atoms with van der Waals surface area (Å²) < 4.78 is 0. The molecule has 19 heavy (non-hydrogen) atoms. The SMILES string of the molecule is Cc1cncc(-c2cccnc2N2CCNCC2)n1. The molecule has 2 aromatic heterocycles. The summed E-state index contributed by atoms with van der Waals surface area (Å²) in [5.41, 5.74) is 2.87. The molecule has 0 aromatic carbocycles. The zero-order valence-electron chi connectivity index (χ0n) is 11.0. The van der Waals surface area contributed by atoms with Gasteiger partial charge in [-0.3, -0.25) is 4.98 Å². The van der Waals surface area contributed by atoms with E-state index >= 15 is 0 Å². The van der Waals surface area contributed by atoms with Crippen LogP contribution < -0.4 is 10.2 Å². The Balaban J connectivity index is 2.01. The number of rotatable bonds is 2. The smallest absolute Gasteiger partial charge is 0.138 e. The van der Waals surface area contributed by atoms with Gasteiger partial charge in [-0.15, -0.1) is 0 Å². The minimum atomic E-state index is 0.890. The van der Waals surface area contributed by atoms with Gasteiger partial charge in [0.25, 0.3) is 0 Å². The van der Waals surface area contributed by atoms with Gasteiger partial charge in [-0.1, -0.05) is 0 Å². The van der Waals surface area contributed by atoms with E-state index in [4.69, 9.17) is 0 Å². The lowest BCUT2D eigenvalue weighted by molar-refractivity contribution is 0.585. The Morgan fingerprint density at radius 1 is 1.21 bits per heavy atom. The predicted molar refractivity (Wildman–Crippen MR) is 75.1 cm³/mol. The Bertz CT molecular complexity index is 563. The standard InChI is InChI=1S/C14H17N5/c1-11-9-16-10-13(18-11)12-3-2-4-17-14(12)19-7-5-15-6-8-19/h2-4,9-10,15H,5-8H2,1H3. The van der Waals surface area contributed by atoms with Crippen LogP contribution in [0.3, 0.4) is 0 Å². The molecule has 1 N–H and O–H groups in total. The lowest BCUT2D eigenvalue weighted by Crippen LogP contribution is -2.44. The van der Waals surface area contributed by atoms with E-state index in [9.17, 15) is 0 Å². The van der Waals surface area contributed by atoms with E-state index in [0.717, 1.165) is 48.9 Å². The normalized spacial score (nSPS) is 15.5. The van der Waals surface area contributed by atoms with Crippen LogP contribution in [0, 0.1) is 6.92 Å². The molecule has 1 fully saturated rings. The van der Waals surface area contributed by atoms with Crippen LogP contribution in [0.2, 0.25) is 0 Å². The average molecular weight is 255 g/mol. The highest BCUT2D eigenvalue weighted by Crippen LogP contribution is 2.27. The van der Waals surface area contributed by atoms with Gasteiger partial charge < -0.3 is 10.2 Å². The van der Waals surface area contributed by atoms with Crippen molar-refractivity contribution in [2.75, 3.05) is 31.1 Å². The number of piperazine rings is 1. The molecule has 0 aliphatic carbocycles. The molecule has 98 valence electrons. The molecule has 0 amide bonds. The number of hydrogen-bond acceptors (Lipinski definition) is 5. The van der Waals surface area contributed by atoms with Crippen molar-refractivity contribution >= 4 is 5.82 Å². The monoisotopic (exact) mass is 255 g/mol. The van der Waals surface area contributed by atoms with Crippen molar-refractivity contribution in [1.82, 2.24) is 20.3 Å². The third-order valence-corrected chi connectivity index (χ3v) is 3.23. The molecule has 0 atom stereocenters. The molecular formula is C14H17N5. The Kier molecular flexibility index (Phi) is 3.37. The van der Waals surface area contributed by atoms with E-state index in [1.807, 2.05) is 19.2 Å². The Morgan fingerprint density at radius 2 is 2.05 bits per heavy atom. The first-order valence-electron chi connectivity index (χ1n) is 6.54. The maximum absolute atomic E-state index is 4.55. The number of aryl methyl sites for hydroxylation is 1. The third-order valence-electron chi connectivity index (χ3n) is 3.23. The van der Waals surface area contributed by atoms with Gasteiger partial charge in [0.2, 0.25) is 0 Å². The van der Waals surface area contributed by atoms with Gasteiger partial charge in [0, 0.05) is 44.1 Å². The summed E-state index contributed by atoms with van der Waals surface area (Å²) in [5.74, 6) is 1.00. The number of pyridine rings is 1. The zero-order valence-corrected chi connectivity index (χ0v) is 11.0. The number of anilines is 1. The highest BCUT2D eigenvalue weighted by molar-refractivity contribution is 5.72. The van der Waals surface area contributed by atoms with E-state index in [1.165, 1.54) is 0 Å². The van der Waals surface area contributed by atoms with Crippen LogP contribution in [0.15, 0.2) is 30.7 Å². The Hall–Kier alpha value is -2.01. The molecule has 2 aromatic rings.